The van der Waals surface area contributed by atoms with Crippen LogP contribution in [0.25, 0.3) is 6.08 Å². The van der Waals surface area contributed by atoms with E-state index in [1.165, 1.54) is 27.1 Å². The molecule has 0 radical (unpaired) electrons. The molecule has 7 heteroatoms. The maximum atomic E-state index is 13.3. The predicted octanol–water partition coefficient (Wildman–Crippen LogP) is 7.38. The molecule has 1 saturated carbocycles. The fraction of sp³-hybridized carbons (Fsp3) is 0.250. The van der Waals surface area contributed by atoms with Gasteiger partial charge in [-0.3, -0.25) is 4.79 Å². The summed E-state index contributed by atoms with van der Waals surface area (Å²) in [6.07, 6.45) is 5.46. The van der Waals surface area contributed by atoms with Crippen LogP contribution >= 0.6 is 46.0 Å². The Morgan fingerprint density at radius 1 is 1.16 bits per heavy atom. The molecule has 158 valence electrons. The molecule has 3 heterocycles. The van der Waals surface area contributed by atoms with E-state index in [1.807, 2.05) is 24.3 Å². The van der Waals surface area contributed by atoms with Crippen molar-refractivity contribution in [1.82, 2.24) is 5.01 Å². The van der Waals surface area contributed by atoms with Crippen LogP contribution in [-0.4, -0.2) is 22.4 Å². The Hall–Kier alpha value is -1.86. The van der Waals surface area contributed by atoms with Crippen LogP contribution in [0.2, 0.25) is 5.02 Å². The van der Waals surface area contributed by atoms with Crippen LogP contribution in [0.15, 0.2) is 74.9 Å². The second kappa shape index (κ2) is 9.33. The molecule has 0 bridgehead atoms. The van der Waals surface area contributed by atoms with Crippen molar-refractivity contribution in [2.24, 2.45) is 11.0 Å². The lowest BCUT2D eigenvalue weighted by Crippen LogP contribution is -2.32. The molecule has 1 aliphatic heterocycles. The largest absolute Gasteiger partial charge is 0.272 e. The predicted molar refractivity (Wildman–Crippen MR) is 133 cm³/mol. The molecule has 0 saturated heterocycles. The van der Waals surface area contributed by atoms with E-state index in [4.69, 9.17) is 16.7 Å². The van der Waals surface area contributed by atoms with Gasteiger partial charge in [-0.1, -0.05) is 35.9 Å². The number of rotatable bonds is 5. The average Bonchev–Trinajstić information content (AvgIpc) is 3.53. The molecule has 1 aliphatic carbocycles. The van der Waals surface area contributed by atoms with Gasteiger partial charge in [0.2, 0.25) is 0 Å². The highest BCUT2D eigenvalue weighted by molar-refractivity contribution is 8.00. The third kappa shape index (κ3) is 4.40. The van der Waals surface area contributed by atoms with Crippen molar-refractivity contribution in [3.05, 3.63) is 79.6 Å². The van der Waals surface area contributed by atoms with Crippen molar-refractivity contribution in [3.8, 4) is 0 Å². The van der Waals surface area contributed by atoms with Crippen LogP contribution in [0.1, 0.15) is 35.1 Å². The quantitative estimate of drug-likeness (QED) is 0.354. The Bertz CT molecular complexity index is 1120. The van der Waals surface area contributed by atoms with Gasteiger partial charge in [-0.25, -0.2) is 5.01 Å². The van der Waals surface area contributed by atoms with Crippen LogP contribution in [0.4, 0.5) is 0 Å². The van der Waals surface area contributed by atoms with Gasteiger partial charge in [0.15, 0.2) is 0 Å². The zero-order chi connectivity index (χ0) is 21.2. The van der Waals surface area contributed by atoms with Crippen molar-refractivity contribution in [2.75, 3.05) is 5.75 Å². The van der Waals surface area contributed by atoms with Gasteiger partial charge in [0.1, 0.15) is 0 Å². The van der Waals surface area contributed by atoms with E-state index in [0.29, 0.717) is 10.8 Å². The number of thiophene rings is 2. The van der Waals surface area contributed by atoms with E-state index in [2.05, 4.69) is 41.1 Å². The number of hydrogen-bond donors (Lipinski definition) is 0. The number of amides is 1. The summed E-state index contributed by atoms with van der Waals surface area (Å²) in [6, 6.07) is 16.0. The second-order valence-corrected chi connectivity index (χ2v) is 11.0. The summed E-state index contributed by atoms with van der Waals surface area (Å²) < 4.78 is 0. The van der Waals surface area contributed by atoms with Gasteiger partial charge in [-0.2, -0.15) is 5.10 Å². The molecule has 31 heavy (non-hydrogen) atoms. The number of hydrogen-bond acceptors (Lipinski definition) is 5. The fourth-order valence-electron chi connectivity index (χ4n) is 4.26. The minimum atomic E-state index is -0.0126. The van der Waals surface area contributed by atoms with Crippen LogP contribution in [0.5, 0.6) is 0 Å². The van der Waals surface area contributed by atoms with Gasteiger partial charge >= 0.3 is 0 Å². The summed E-state index contributed by atoms with van der Waals surface area (Å²) in [4.78, 5) is 16.7. The molecular formula is C24H21ClN2OS3. The maximum Gasteiger partial charge on any atom is 0.253 e. The van der Waals surface area contributed by atoms with Gasteiger partial charge < -0.3 is 0 Å². The molecule has 2 aliphatic rings. The lowest BCUT2D eigenvalue weighted by molar-refractivity contribution is -0.130. The average molecular weight is 485 g/mol. The number of halogens is 1. The Labute approximate surface area is 199 Å². The number of allylic oxidation sites excluding steroid dienone is 1. The van der Waals surface area contributed by atoms with Gasteiger partial charge in [-0.15, -0.1) is 34.4 Å². The monoisotopic (exact) mass is 484 g/mol. The summed E-state index contributed by atoms with van der Waals surface area (Å²) >= 11 is 11.2. The molecule has 3 aromatic rings. The van der Waals surface area contributed by atoms with Crippen LogP contribution in [0, 0.1) is 5.92 Å². The van der Waals surface area contributed by atoms with Crippen molar-refractivity contribution >= 4 is 63.7 Å². The maximum absolute atomic E-state index is 13.3. The first kappa shape index (κ1) is 21.0. The zero-order valence-electron chi connectivity index (χ0n) is 16.7. The summed E-state index contributed by atoms with van der Waals surface area (Å²) in [6.45, 7) is 0. The van der Waals surface area contributed by atoms with E-state index >= 15 is 0 Å². The molecule has 3 nitrogen and oxygen atoms in total. The Balaban J connectivity index is 1.44. The Kier molecular flexibility index (Phi) is 6.32. The topological polar surface area (TPSA) is 32.7 Å². The van der Waals surface area contributed by atoms with E-state index in [1.54, 1.807) is 27.7 Å². The van der Waals surface area contributed by atoms with E-state index in [-0.39, 0.29) is 17.9 Å². The summed E-state index contributed by atoms with van der Waals surface area (Å²) in [5.41, 5.74) is 2.36. The fourth-order valence-corrected chi connectivity index (χ4v) is 6.91. The molecule has 5 rings (SSSR count). The van der Waals surface area contributed by atoms with Gasteiger partial charge in [-0.05, 0) is 65.9 Å². The smallest absolute Gasteiger partial charge is 0.253 e. The van der Waals surface area contributed by atoms with E-state index in [9.17, 15) is 4.79 Å². The molecule has 1 aromatic carbocycles. The highest BCUT2D eigenvalue weighted by atomic mass is 35.5. The third-order valence-corrected chi connectivity index (χ3v) is 8.90. The van der Waals surface area contributed by atoms with Gasteiger partial charge in [0, 0.05) is 20.6 Å². The molecule has 1 fully saturated rings. The van der Waals surface area contributed by atoms with E-state index < -0.39 is 0 Å². The Morgan fingerprint density at radius 3 is 2.77 bits per heavy atom. The SMILES string of the molecule is O=C(CSc1ccccc1Cl)N1N=C2/C(=C/c3cccs3)CCCC2C1c1cccs1. The Morgan fingerprint density at radius 2 is 2.00 bits per heavy atom. The summed E-state index contributed by atoms with van der Waals surface area (Å²) in [5.74, 6) is 0.604. The van der Waals surface area contributed by atoms with Crippen LogP contribution < -0.4 is 0 Å². The molecule has 2 aromatic heterocycles. The van der Waals surface area contributed by atoms with Crippen LogP contribution in [0.3, 0.4) is 0 Å². The number of carbonyl (C=O) groups excluding carboxylic acids is 1. The number of carbonyl (C=O) groups is 1. The number of thioether (sulfide) groups is 1. The van der Waals surface area contributed by atoms with Crippen molar-refractivity contribution in [3.63, 3.8) is 0 Å². The van der Waals surface area contributed by atoms with Crippen molar-refractivity contribution in [2.45, 2.75) is 30.2 Å². The first-order chi connectivity index (χ1) is 15.2. The van der Waals surface area contributed by atoms with Crippen molar-refractivity contribution < 1.29 is 4.79 Å². The number of nitrogens with zero attached hydrogens (tertiary/aromatic N) is 2. The first-order valence-electron chi connectivity index (χ1n) is 10.3. The minimum Gasteiger partial charge on any atom is -0.272 e. The summed E-state index contributed by atoms with van der Waals surface area (Å²) in [5, 5.41) is 11.6. The number of fused-ring (bicyclic) bond motifs is 1. The number of benzene rings is 1. The molecule has 1 amide bonds. The molecular weight excluding hydrogens is 464 g/mol. The highest BCUT2D eigenvalue weighted by Gasteiger charge is 2.44. The highest BCUT2D eigenvalue weighted by Crippen LogP contribution is 2.46. The van der Waals surface area contributed by atoms with E-state index in [0.717, 1.165) is 29.9 Å². The minimum absolute atomic E-state index is 0.0126. The normalized spacial score (nSPS) is 21.9. The van der Waals surface area contributed by atoms with Gasteiger partial charge in [0.25, 0.3) is 5.91 Å². The van der Waals surface area contributed by atoms with Crippen LogP contribution in [-0.2, 0) is 4.79 Å². The first-order valence-corrected chi connectivity index (χ1v) is 13.4. The third-order valence-electron chi connectivity index (χ3n) is 5.64. The number of hydrazone groups is 1. The lowest BCUT2D eigenvalue weighted by Gasteiger charge is -2.28. The van der Waals surface area contributed by atoms with Gasteiger partial charge in [0.05, 0.1) is 22.5 Å². The summed E-state index contributed by atoms with van der Waals surface area (Å²) in [7, 11) is 0. The molecule has 0 N–H and O–H groups in total. The zero-order valence-corrected chi connectivity index (χ0v) is 19.9. The second-order valence-electron chi connectivity index (χ2n) is 7.59. The van der Waals surface area contributed by atoms with Crippen molar-refractivity contribution in [1.29, 1.82) is 0 Å². The molecule has 2 unspecified atom stereocenters. The standard InChI is InChI=1S/C24H21ClN2OS3/c25-19-9-1-2-10-20(19)31-15-22(28)27-24(21-11-5-13-30-21)18-8-3-6-16(23(18)26-27)14-17-7-4-12-29-17/h1-2,4-5,7,9-14,18,24H,3,6,8,15H2/b16-14+. The molecule has 0 spiro atoms. The molecule has 2 atom stereocenters. The lowest BCUT2D eigenvalue weighted by atomic mass is 9.79.